The van der Waals surface area contributed by atoms with Crippen LogP contribution in [0.2, 0.25) is 0 Å². The van der Waals surface area contributed by atoms with Crippen LogP contribution in [0.5, 0.6) is 0 Å². The molecular formula is C4H4N3O2. The van der Waals surface area contributed by atoms with E-state index >= 15 is 0 Å². The van der Waals surface area contributed by atoms with E-state index in [4.69, 9.17) is 5.73 Å². The van der Waals surface area contributed by atoms with Crippen molar-refractivity contribution in [3.63, 3.8) is 0 Å². The Morgan fingerprint density at radius 3 is 2.78 bits per heavy atom. The molecule has 5 heteroatoms. The fraction of sp³-hybridized carbons (Fsp3) is 0.250. The van der Waals surface area contributed by atoms with Gasteiger partial charge in [0.15, 0.2) is 0 Å². The third-order valence-corrected chi connectivity index (χ3v) is 0.846. The number of hydrazone groups is 1. The molecule has 2 N–H and O–H groups in total. The largest absolute Gasteiger partial charge is 0.350 e. The third kappa shape index (κ3) is 0.883. The van der Waals surface area contributed by atoms with Crippen LogP contribution in [0, 0.1) is 0 Å². The molecule has 0 saturated heterocycles. The van der Waals surface area contributed by atoms with Crippen molar-refractivity contribution in [1.29, 1.82) is 0 Å². The molecule has 5 nitrogen and oxygen atoms in total. The molecule has 0 spiro atoms. The van der Waals surface area contributed by atoms with Gasteiger partial charge in [-0.25, -0.2) is 4.79 Å². The molecule has 0 fully saturated rings. The number of hydrogen-bond donors (Lipinski definition) is 1. The van der Waals surface area contributed by atoms with Gasteiger partial charge in [0, 0.05) is 0 Å². The third-order valence-electron chi connectivity index (χ3n) is 0.846. The summed E-state index contributed by atoms with van der Waals surface area (Å²) in [5.74, 6) is -0.428. The fourth-order valence-electron chi connectivity index (χ4n) is 0.477. The van der Waals surface area contributed by atoms with E-state index in [9.17, 15) is 9.59 Å². The van der Waals surface area contributed by atoms with Gasteiger partial charge in [0.05, 0.1) is 12.6 Å². The van der Waals surface area contributed by atoms with Crippen LogP contribution >= 0.6 is 0 Å². The van der Waals surface area contributed by atoms with Crippen LogP contribution in [0.3, 0.4) is 0 Å². The number of carbonyl (C=O) groups excluding carboxylic acids is 2. The molecule has 0 atom stereocenters. The van der Waals surface area contributed by atoms with Gasteiger partial charge in [0.1, 0.15) is 0 Å². The molecule has 0 aromatic heterocycles. The highest BCUT2D eigenvalue weighted by molar-refractivity contribution is 6.03. The Morgan fingerprint density at radius 2 is 2.56 bits per heavy atom. The number of primary amides is 1. The summed E-state index contributed by atoms with van der Waals surface area (Å²) in [5, 5.41) is 3.86. The van der Waals surface area contributed by atoms with Crippen molar-refractivity contribution in [2.45, 2.75) is 6.42 Å². The van der Waals surface area contributed by atoms with E-state index in [-0.39, 0.29) is 6.42 Å². The maximum absolute atomic E-state index is 10.5. The average Bonchev–Trinajstić information content (AvgIpc) is 2.13. The van der Waals surface area contributed by atoms with Gasteiger partial charge in [0.25, 0.3) is 5.91 Å². The summed E-state index contributed by atoms with van der Waals surface area (Å²) in [7, 11) is 0. The summed E-state index contributed by atoms with van der Waals surface area (Å²) >= 11 is 0. The summed E-state index contributed by atoms with van der Waals surface area (Å²) in [5.41, 5.74) is 4.72. The number of hydrogen-bond acceptors (Lipinski definition) is 3. The second-order valence-electron chi connectivity index (χ2n) is 1.48. The van der Waals surface area contributed by atoms with Crippen LogP contribution in [0.4, 0.5) is 4.79 Å². The van der Waals surface area contributed by atoms with Gasteiger partial charge < -0.3 is 5.73 Å². The van der Waals surface area contributed by atoms with E-state index in [0.717, 1.165) is 0 Å². The molecule has 1 heterocycles. The predicted molar refractivity (Wildman–Crippen MR) is 28.5 cm³/mol. The molecular weight excluding hydrogens is 122 g/mol. The lowest BCUT2D eigenvalue weighted by atomic mass is 10.5. The first-order chi connectivity index (χ1) is 4.22. The minimum Gasteiger partial charge on any atom is -0.350 e. The molecule has 3 amide bonds. The summed E-state index contributed by atoms with van der Waals surface area (Å²) < 4.78 is 0. The van der Waals surface area contributed by atoms with Crippen LogP contribution in [-0.2, 0) is 4.79 Å². The molecule has 0 aromatic rings. The second kappa shape index (κ2) is 1.85. The van der Waals surface area contributed by atoms with Crippen molar-refractivity contribution in [3.05, 3.63) is 0 Å². The molecule has 47 valence electrons. The van der Waals surface area contributed by atoms with E-state index < -0.39 is 11.9 Å². The molecule has 1 aliphatic rings. The van der Waals surface area contributed by atoms with E-state index in [1.165, 1.54) is 0 Å². The Balaban J connectivity index is 2.71. The summed E-state index contributed by atoms with van der Waals surface area (Å²) in [6, 6.07) is -0.856. The highest BCUT2D eigenvalue weighted by Gasteiger charge is 2.21. The van der Waals surface area contributed by atoms with Gasteiger partial charge >= 0.3 is 6.03 Å². The maximum Gasteiger partial charge on any atom is 0.342 e. The first-order valence-electron chi connectivity index (χ1n) is 2.27. The van der Waals surface area contributed by atoms with E-state index in [0.29, 0.717) is 5.01 Å². The monoisotopic (exact) mass is 126 g/mol. The van der Waals surface area contributed by atoms with Gasteiger partial charge in [0.2, 0.25) is 0 Å². The molecule has 0 bridgehead atoms. The lowest BCUT2D eigenvalue weighted by Crippen LogP contribution is -2.33. The van der Waals surface area contributed by atoms with Crippen molar-refractivity contribution >= 4 is 18.2 Å². The molecule has 0 saturated carbocycles. The van der Waals surface area contributed by atoms with Crippen LogP contribution in [-0.4, -0.2) is 23.2 Å². The number of rotatable bonds is 0. The second-order valence-corrected chi connectivity index (χ2v) is 1.48. The molecule has 1 radical (unpaired) electrons. The summed E-state index contributed by atoms with van der Waals surface area (Å²) in [6.07, 6.45) is 2.35. The van der Waals surface area contributed by atoms with Gasteiger partial charge in [-0.05, 0) is 0 Å². The highest BCUT2D eigenvalue weighted by atomic mass is 16.2. The molecule has 0 unspecified atom stereocenters. The van der Waals surface area contributed by atoms with Gasteiger partial charge in [-0.2, -0.15) is 5.10 Å². The molecule has 0 aliphatic carbocycles. The van der Waals surface area contributed by atoms with Crippen molar-refractivity contribution in [3.8, 4) is 0 Å². The number of amides is 3. The van der Waals surface area contributed by atoms with Gasteiger partial charge in [-0.3, -0.25) is 4.79 Å². The highest BCUT2D eigenvalue weighted by Crippen LogP contribution is 1.99. The molecule has 9 heavy (non-hydrogen) atoms. The number of nitrogens with two attached hydrogens (primary N) is 1. The number of imide groups is 1. The van der Waals surface area contributed by atoms with Crippen LogP contribution < -0.4 is 5.73 Å². The zero-order chi connectivity index (χ0) is 6.85. The van der Waals surface area contributed by atoms with Gasteiger partial charge in [-0.1, -0.05) is 0 Å². The first kappa shape index (κ1) is 5.74. The topological polar surface area (TPSA) is 75.8 Å². The Hall–Kier alpha value is -1.39. The molecule has 0 aromatic carbocycles. The van der Waals surface area contributed by atoms with Crippen molar-refractivity contribution in [1.82, 2.24) is 5.01 Å². The van der Waals surface area contributed by atoms with E-state index in [1.807, 2.05) is 0 Å². The Bertz CT molecular complexity index is 186. The number of carbonyl (C=O) groups is 2. The van der Waals surface area contributed by atoms with Crippen molar-refractivity contribution in [2.75, 3.05) is 0 Å². The van der Waals surface area contributed by atoms with Crippen molar-refractivity contribution in [2.24, 2.45) is 10.8 Å². The lowest BCUT2D eigenvalue weighted by molar-refractivity contribution is -0.125. The normalized spacial score (nSPS) is 16.9. The maximum atomic E-state index is 10.5. The van der Waals surface area contributed by atoms with Crippen LogP contribution in [0.15, 0.2) is 5.10 Å². The zero-order valence-electron chi connectivity index (χ0n) is 4.50. The number of urea groups is 1. The predicted octanol–water partition coefficient (Wildman–Crippen LogP) is -0.840. The fourth-order valence-corrected chi connectivity index (χ4v) is 0.477. The number of nitrogens with zero attached hydrogens (tertiary/aromatic N) is 2. The Morgan fingerprint density at radius 1 is 1.89 bits per heavy atom. The zero-order valence-corrected chi connectivity index (χ0v) is 4.50. The lowest BCUT2D eigenvalue weighted by Gasteiger charge is -2.02. The van der Waals surface area contributed by atoms with Gasteiger partial charge in [-0.15, -0.1) is 5.01 Å². The minimum absolute atomic E-state index is 0.0446. The quantitative estimate of drug-likeness (QED) is 0.459. The molecule has 1 rings (SSSR count). The Kier molecular flexibility index (Phi) is 1.18. The van der Waals surface area contributed by atoms with Crippen LogP contribution in [0.1, 0.15) is 6.42 Å². The smallest absolute Gasteiger partial charge is 0.342 e. The first-order valence-corrected chi connectivity index (χ1v) is 2.27. The summed E-state index contributed by atoms with van der Waals surface area (Å²) in [6.45, 7) is 0. The van der Waals surface area contributed by atoms with E-state index in [1.54, 1.807) is 0 Å². The molecule has 1 aliphatic heterocycles. The SMILES string of the molecule is NC(=O)N1N=[C]CC1=O. The average molecular weight is 126 g/mol. The minimum atomic E-state index is -0.856. The summed E-state index contributed by atoms with van der Waals surface area (Å²) in [4.78, 5) is 20.7. The van der Waals surface area contributed by atoms with E-state index in [2.05, 4.69) is 11.3 Å². The van der Waals surface area contributed by atoms with Crippen molar-refractivity contribution < 1.29 is 9.59 Å². The van der Waals surface area contributed by atoms with Crippen LogP contribution in [0.25, 0.3) is 0 Å². The Labute approximate surface area is 51.1 Å². The standard InChI is InChI=1S/C4H4N3O2/c5-4(9)7-3(8)1-2-6-7/h1H2,(H2,5,9).